The van der Waals surface area contributed by atoms with Crippen LogP contribution < -0.4 is 0 Å². The summed E-state index contributed by atoms with van der Waals surface area (Å²) in [5, 5.41) is 5.29. The number of hydrogen-bond donors (Lipinski definition) is 0. The molecule has 3 rings (SSSR count). The van der Waals surface area contributed by atoms with Crippen molar-refractivity contribution in [3.05, 3.63) is 48.3 Å². The van der Waals surface area contributed by atoms with E-state index in [-0.39, 0.29) is 5.97 Å². The van der Waals surface area contributed by atoms with Crippen molar-refractivity contribution in [1.82, 2.24) is 14.8 Å². The molecule has 2 aromatic heterocycles. The van der Waals surface area contributed by atoms with E-state index in [0.717, 1.165) is 22.2 Å². The van der Waals surface area contributed by atoms with Gasteiger partial charge in [-0.15, -0.1) is 0 Å². The van der Waals surface area contributed by atoms with Crippen molar-refractivity contribution in [3.63, 3.8) is 0 Å². The van der Waals surface area contributed by atoms with Gasteiger partial charge in [-0.1, -0.05) is 12.1 Å². The normalized spacial score (nSPS) is 11.7. The number of carbonyl (C=O) groups is 1. The Balaban J connectivity index is 2.04. The van der Waals surface area contributed by atoms with Gasteiger partial charge in [0.25, 0.3) is 0 Å². The summed E-state index contributed by atoms with van der Waals surface area (Å²) in [6, 6.07) is 9.37. The quantitative estimate of drug-likeness (QED) is 0.679. The second-order valence-corrected chi connectivity index (χ2v) is 6.44. The maximum absolute atomic E-state index is 12.2. The summed E-state index contributed by atoms with van der Waals surface area (Å²) in [6.45, 7) is 5.55. The Bertz CT molecular complexity index is 875. The van der Waals surface area contributed by atoms with Gasteiger partial charge < -0.3 is 4.74 Å². The molecule has 0 unspecified atom stereocenters. The third kappa shape index (κ3) is 3.08. The first-order chi connectivity index (χ1) is 10.8. The van der Waals surface area contributed by atoms with E-state index >= 15 is 0 Å². The minimum Gasteiger partial charge on any atom is -0.456 e. The molecule has 0 spiro atoms. The molecule has 118 valence electrons. The van der Waals surface area contributed by atoms with Gasteiger partial charge in [-0.3, -0.25) is 9.67 Å². The molecule has 0 saturated carbocycles. The fourth-order valence-electron chi connectivity index (χ4n) is 2.44. The molecular formula is C18H19N3O2. The van der Waals surface area contributed by atoms with E-state index in [4.69, 9.17) is 4.74 Å². The van der Waals surface area contributed by atoms with Crippen molar-refractivity contribution in [1.29, 1.82) is 0 Å². The Hall–Kier alpha value is -2.69. The molecule has 0 fully saturated rings. The Morgan fingerprint density at radius 1 is 1.22 bits per heavy atom. The van der Waals surface area contributed by atoms with E-state index in [2.05, 4.69) is 10.1 Å². The molecule has 3 aromatic rings. The zero-order chi connectivity index (χ0) is 16.6. The van der Waals surface area contributed by atoms with Gasteiger partial charge >= 0.3 is 5.97 Å². The zero-order valence-corrected chi connectivity index (χ0v) is 13.7. The van der Waals surface area contributed by atoms with Gasteiger partial charge in [0, 0.05) is 24.2 Å². The number of aromatic nitrogens is 3. The summed E-state index contributed by atoms with van der Waals surface area (Å²) in [7, 11) is 1.90. The lowest BCUT2D eigenvalue weighted by atomic mass is 10.1. The van der Waals surface area contributed by atoms with E-state index in [9.17, 15) is 4.79 Å². The number of hydrogen-bond acceptors (Lipinski definition) is 4. The molecule has 0 bridgehead atoms. The number of ether oxygens (including phenoxy) is 1. The molecule has 0 saturated heterocycles. The minimum absolute atomic E-state index is 0.348. The number of aryl methyl sites for hydroxylation is 1. The molecule has 0 atom stereocenters. The molecule has 1 aromatic carbocycles. The summed E-state index contributed by atoms with van der Waals surface area (Å²) < 4.78 is 7.24. The fourth-order valence-corrected chi connectivity index (χ4v) is 2.44. The number of esters is 1. The summed E-state index contributed by atoms with van der Waals surface area (Å²) in [5.74, 6) is -0.348. The van der Waals surface area contributed by atoms with Gasteiger partial charge in [0.05, 0.1) is 23.0 Å². The molecule has 5 heteroatoms. The van der Waals surface area contributed by atoms with Gasteiger partial charge in [0.2, 0.25) is 0 Å². The van der Waals surface area contributed by atoms with Crippen LogP contribution in [0.5, 0.6) is 0 Å². The average Bonchev–Trinajstić information content (AvgIpc) is 2.87. The fraction of sp³-hybridized carbons (Fsp3) is 0.278. The van der Waals surface area contributed by atoms with E-state index in [1.807, 2.05) is 56.9 Å². The van der Waals surface area contributed by atoms with Gasteiger partial charge in [-0.2, -0.15) is 5.10 Å². The second kappa shape index (κ2) is 5.50. The number of fused-ring (bicyclic) bond motifs is 1. The van der Waals surface area contributed by atoms with Crippen molar-refractivity contribution >= 4 is 16.9 Å². The van der Waals surface area contributed by atoms with E-state index in [1.165, 1.54) is 0 Å². The molecule has 5 nitrogen and oxygen atoms in total. The van der Waals surface area contributed by atoms with E-state index < -0.39 is 5.60 Å². The van der Waals surface area contributed by atoms with Gasteiger partial charge in [0.15, 0.2) is 0 Å². The first kappa shape index (κ1) is 15.2. The standard InChI is InChI=1S/C18H19N3O2/c1-18(2,3)23-17(22)12-8-9-19-15(10-12)13-6-5-7-16-14(13)11-20-21(16)4/h5-11H,1-4H3. The molecular weight excluding hydrogens is 290 g/mol. The Labute approximate surface area is 134 Å². The monoisotopic (exact) mass is 309 g/mol. The highest BCUT2D eigenvalue weighted by atomic mass is 16.6. The number of rotatable bonds is 2. The van der Waals surface area contributed by atoms with Crippen LogP contribution in [-0.4, -0.2) is 26.3 Å². The predicted octanol–water partition coefficient (Wildman–Crippen LogP) is 3.59. The predicted molar refractivity (Wildman–Crippen MR) is 89.1 cm³/mol. The van der Waals surface area contributed by atoms with Crippen LogP contribution in [0.2, 0.25) is 0 Å². The second-order valence-electron chi connectivity index (χ2n) is 6.44. The third-order valence-corrected chi connectivity index (χ3v) is 3.46. The molecule has 0 aliphatic heterocycles. The lowest BCUT2D eigenvalue weighted by Crippen LogP contribution is -2.23. The largest absolute Gasteiger partial charge is 0.456 e. The first-order valence-corrected chi connectivity index (χ1v) is 7.46. The van der Waals surface area contributed by atoms with Crippen LogP contribution in [0.15, 0.2) is 42.7 Å². The van der Waals surface area contributed by atoms with E-state index in [0.29, 0.717) is 5.56 Å². The zero-order valence-electron chi connectivity index (χ0n) is 13.7. The van der Waals surface area contributed by atoms with Crippen LogP contribution in [0, 0.1) is 0 Å². The van der Waals surface area contributed by atoms with Crippen LogP contribution in [0.3, 0.4) is 0 Å². The first-order valence-electron chi connectivity index (χ1n) is 7.46. The maximum Gasteiger partial charge on any atom is 0.338 e. The van der Waals surface area contributed by atoms with Gasteiger partial charge in [-0.05, 0) is 39.0 Å². The molecule has 0 radical (unpaired) electrons. The Morgan fingerprint density at radius 2 is 2.00 bits per heavy atom. The summed E-state index contributed by atoms with van der Waals surface area (Å²) in [4.78, 5) is 16.6. The molecule has 23 heavy (non-hydrogen) atoms. The van der Waals surface area contributed by atoms with Gasteiger partial charge in [-0.25, -0.2) is 4.79 Å². The number of nitrogens with zero attached hydrogens (tertiary/aromatic N) is 3. The third-order valence-electron chi connectivity index (χ3n) is 3.46. The van der Waals surface area contributed by atoms with Crippen LogP contribution in [0.25, 0.3) is 22.2 Å². The summed E-state index contributed by atoms with van der Waals surface area (Å²) in [6.07, 6.45) is 3.44. The van der Waals surface area contributed by atoms with Crippen LogP contribution in [-0.2, 0) is 11.8 Å². The van der Waals surface area contributed by atoms with Crippen LogP contribution in [0.1, 0.15) is 31.1 Å². The number of carbonyl (C=O) groups excluding carboxylic acids is 1. The molecule has 0 N–H and O–H groups in total. The minimum atomic E-state index is -0.524. The average molecular weight is 309 g/mol. The Morgan fingerprint density at radius 3 is 2.74 bits per heavy atom. The number of pyridine rings is 1. The van der Waals surface area contributed by atoms with Gasteiger partial charge in [0.1, 0.15) is 5.60 Å². The Kier molecular flexibility index (Phi) is 3.64. The highest BCUT2D eigenvalue weighted by molar-refractivity contribution is 5.96. The van der Waals surface area contributed by atoms with Crippen molar-refractivity contribution in [3.8, 4) is 11.3 Å². The molecule has 0 aliphatic rings. The topological polar surface area (TPSA) is 57.0 Å². The summed E-state index contributed by atoms with van der Waals surface area (Å²) >= 11 is 0. The highest BCUT2D eigenvalue weighted by Crippen LogP contribution is 2.27. The van der Waals surface area contributed by atoms with Crippen LogP contribution in [0.4, 0.5) is 0 Å². The number of benzene rings is 1. The van der Waals surface area contributed by atoms with Crippen molar-refractivity contribution in [2.45, 2.75) is 26.4 Å². The molecule has 2 heterocycles. The van der Waals surface area contributed by atoms with E-state index in [1.54, 1.807) is 18.3 Å². The smallest absolute Gasteiger partial charge is 0.338 e. The SMILES string of the molecule is Cn1ncc2c(-c3cc(C(=O)OC(C)(C)C)ccn3)cccc21. The molecule has 0 aliphatic carbocycles. The van der Waals surface area contributed by atoms with Crippen LogP contribution >= 0.6 is 0 Å². The van der Waals surface area contributed by atoms with Crippen molar-refractivity contribution in [2.75, 3.05) is 0 Å². The van der Waals surface area contributed by atoms with Crippen molar-refractivity contribution in [2.24, 2.45) is 7.05 Å². The highest BCUT2D eigenvalue weighted by Gasteiger charge is 2.19. The summed E-state index contributed by atoms with van der Waals surface area (Å²) in [5.41, 5.74) is 2.66. The molecule has 0 amide bonds. The van der Waals surface area contributed by atoms with Crippen molar-refractivity contribution < 1.29 is 9.53 Å². The maximum atomic E-state index is 12.2. The lowest BCUT2D eigenvalue weighted by Gasteiger charge is -2.19. The lowest BCUT2D eigenvalue weighted by molar-refractivity contribution is 0.00694.